The molecule has 6 nitrogen and oxygen atoms in total. The van der Waals surface area contributed by atoms with E-state index in [9.17, 15) is 14.4 Å². The minimum absolute atomic E-state index is 0.0809. The first kappa shape index (κ1) is 14.0. The molecule has 3 atom stereocenters. The van der Waals surface area contributed by atoms with Crippen molar-refractivity contribution < 1.29 is 23.9 Å². The Hall–Kier alpha value is -1.43. The van der Waals surface area contributed by atoms with Gasteiger partial charge >= 0.3 is 11.9 Å². The lowest BCUT2D eigenvalue weighted by molar-refractivity contribution is -0.177. The minimum atomic E-state index is -1.14. The Bertz CT molecular complexity index is 408. The number of fused-ring (bicyclic) bond motifs is 3. The summed E-state index contributed by atoms with van der Waals surface area (Å²) in [5.74, 6) is -1.34. The lowest BCUT2D eigenvalue weighted by Gasteiger charge is -2.50. The monoisotopic (exact) mass is 269 g/mol. The normalized spacial score (nSPS) is 33.1. The van der Waals surface area contributed by atoms with Gasteiger partial charge in [-0.1, -0.05) is 0 Å². The summed E-state index contributed by atoms with van der Waals surface area (Å²) < 4.78 is 9.75. The largest absolute Gasteiger partial charge is 0.469 e. The molecule has 3 fully saturated rings. The second kappa shape index (κ2) is 5.28. The van der Waals surface area contributed by atoms with Gasteiger partial charge in [0.25, 0.3) is 0 Å². The lowest BCUT2D eigenvalue weighted by atomic mass is 9.63. The van der Waals surface area contributed by atoms with E-state index in [1.807, 2.05) is 4.90 Å². The number of ketones is 1. The smallest absolute Gasteiger partial charge is 0.320 e. The van der Waals surface area contributed by atoms with Crippen LogP contribution in [0.4, 0.5) is 0 Å². The van der Waals surface area contributed by atoms with Crippen molar-refractivity contribution in [3.63, 3.8) is 0 Å². The zero-order chi connectivity index (χ0) is 14.0. The third-order valence-corrected chi connectivity index (χ3v) is 4.14. The SMILES string of the molecule is CCOC(=O)[C@]12CCN(CC1=O)C[C@H]2CC(=O)OC. The van der Waals surface area contributed by atoms with Crippen molar-refractivity contribution in [1.82, 2.24) is 4.90 Å². The summed E-state index contributed by atoms with van der Waals surface area (Å²) in [6.45, 7) is 3.49. The predicted octanol–water partition coefficient (Wildman–Crippen LogP) is 0.00360. The summed E-state index contributed by atoms with van der Waals surface area (Å²) in [5, 5.41) is 0. The number of nitrogens with zero attached hydrogens (tertiary/aromatic N) is 1. The van der Waals surface area contributed by atoms with Crippen LogP contribution in [0, 0.1) is 11.3 Å². The van der Waals surface area contributed by atoms with E-state index in [2.05, 4.69) is 4.74 Å². The number of carbonyl (C=O) groups is 3. The lowest BCUT2D eigenvalue weighted by Crippen LogP contribution is -2.64. The van der Waals surface area contributed by atoms with Crippen molar-refractivity contribution in [2.45, 2.75) is 19.8 Å². The summed E-state index contributed by atoms with van der Waals surface area (Å²) in [6.07, 6.45) is 0.518. The first-order valence-electron chi connectivity index (χ1n) is 6.54. The summed E-state index contributed by atoms with van der Waals surface area (Å²) in [4.78, 5) is 38.0. The summed E-state index contributed by atoms with van der Waals surface area (Å²) in [7, 11) is 1.31. The van der Waals surface area contributed by atoms with E-state index in [0.29, 0.717) is 19.5 Å². The Kier molecular flexibility index (Phi) is 3.89. The molecule has 6 heteroatoms. The van der Waals surface area contributed by atoms with Crippen LogP contribution in [-0.2, 0) is 23.9 Å². The van der Waals surface area contributed by atoms with Gasteiger partial charge in [-0.15, -0.1) is 0 Å². The van der Waals surface area contributed by atoms with Gasteiger partial charge in [-0.2, -0.15) is 0 Å². The van der Waals surface area contributed by atoms with E-state index in [1.54, 1.807) is 6.92 Å². The molecular weight excluding hydrogens is 250 g/mol. The van der Waals surface area contributed by atoms with Crippen LogP contribution in [0.25, 0.3) is 0 Å². The molecule has 3 rings (SSSR count). The minimum Gasteiger partial charge on any atom is -0.469 e. The number of ether oxygens (including phenoxy) is 2. The van der Waals surface area contributed by atoms with Crippen LogP contribution in [0.3, 0.4) is 0 Å². The van der Waals surface area contributed by atoms with Crippen molar-refractivity contribution >= 4 is 17.7 Å². The van der Waals surface area contributed by atoms with Gasteiger partial charge in [0.1, 0.15) is 5.41 Å². The Morgan fingerprint density at radius 3 is 2.79 bits per heavy atom. The molecule has 19 heavy (non-hydrogen) atoms. The number of esters is 2. The molecule has 0 aromatic carbocycles. The third kappa shape index (κ3) is 2.25. The number of rotatable bonds is 4. The fourth-order valence-electron chi connectivity index (χ4n) is 3.12. The van der Waals surface area contributed by atoms with Gasteiger partial charge in [-0.3, -0.25) is 19.3 Å². The molecule has 3 aliphatic rings. The van der Waals surface area contributed by atoms with Crippen LogP contribution >= 0.6 is 0 Å². The van der Waals surface area contributed by atoms with Crippen molar-refractivity contribution in [1.29, 1.82) is 0 Å². The average molecular weight is 269 g/mol. The quantitative estimate of drug-likeness (QED) is 0.528. The number of hydrogen-bond acceptors (Lipinski definition) is 6. The van der Waals surface area contributed by atoms with Gasteiger partial charge < -0.3 is 9.47 Å². The van der Waals surface area contributed by atoms with Crippen LogP contribution in [0.2, 0.25) is 0 Å². The molecule has 0 aromatic rings. The van der Waals surface area contributed by atoms with Crippen molar-refractivity contribution in [3.8, 4) is 0 Å². The zero-order valence-corrected chi connectivity index (χ0v) is 11.3. The first-order chi connectivity index (χ1) is 9.04. The highest BCUT2D eigenvalue weighted by Gasteiger charge is 2.59. The first-order valence-corrected chi connectivity index (χ1v) is 6.54. The Morgan fingerprint density at radius 1 is 1.47 bits per heavy atom. The Morgan fingerprint density at radius 2 is 2.21 bits per heavy atom. The van der Waals surface area contributed by atoms with E-state index >= 15 is 0 Å². The molecule has 3 saturated heterocycles. The molecule has 3 heterocycles. The maximum atomic E-state index is 12.3. The average Bonchev–Trinajstić information content (AvgIpc) is 2.39. The molecule has 0 spiro atoms. The number of hydrogen-bond donors (Lipinski definition) is 0. The van der Waals surface area contributed by atoms with Crippen LogP contribution in [0.15, 0.2) is 0 Å². The molecular formula is C13H19NO5. The summed E-state index contributed by atoms with van der Waals surface area (Å²) in [5.41, 5.74) is -1.14. The van der Waals surface area contributed by atoms with Crippen molar-refractivity contribution in [3.05, 3.63) is 0 Å². The number of Topliss-reactive ketones (excluding diaryl/α,β-unsaturated/α-hetero) is 1. The van der Waals surface area contributed by atoms with Crippen LogP contribution in [-0.4, -0.2) is 56.0 Å². The van der Waals surface area contributed by atoms with Gasteiger partial charge in [-0.05, 0) is 13.3 Å². The van der Waals surface area contributed by atoms with Gasteiger partial charge in [0.15, 0.2) is 5.78 Å². The van der Waals surface area contributed by atoms with E-state index in [-0.39, 0.29) is 31.3 Å². The highest BCUT2D eigenvalue weighted by molar-refractivity contribution is 6.06. The molecule has 0 aliphatic carbocycles. The molecule has 0 aromatic heterocycles. The van der Waals surface area contributed by atoms with Crippen LogP contribution in [0.5, 0.6) is 0 Å². The van der Waals surface area contributed by atoms with E-state index in [1.165, 1.54) is 7.11 Å². The van der Waals surface area contributed by atoms with E-state index in [4.69, 9.17) is 4.74 Å². The second-order valence-electron chi connectivity index (χ2n) is 5.08. The fourth-order valence-corrected chi connectivity index (χ4v) is 3.12. The Balaban J connectivity index is 2.27. The van der Waals surface area contributed by atoms with Gasteiger partial charge in [0.05, 0.1) is 26.7 Å². The van der Waals surface area contributed by atoms with Crippen molar-refractivity contribution in [2.24, 2.45) is 11.3 Å². The third-order valence-electron chi connectivity index (χ3n) is 4.14. The number of methoxy groups -OCH3 is 1. The second-order valence-corrected chi connectivity index (χ2v) is 5.08. The molecule has 106 valence electrons. The standard InChI is InChI=1S/C13H19NO5/c1-3-19-12(17)13-4-5-14(8-10(13)15)7-9(13)6-11(16)18-2/h9H,3-8H2,1-2H3/t9-,13+/m1/s1. The molecule has 0 saturated carbocycles. The van der Waals surface area contributed by atoms with E-state index < -0.39 is 17.4 Å². The maximum absolute atomic E-state index is 12.3. The zero-order valence-electron chi connectivity index (χ0n) is 11.3. The molecule has 2 bridgehead atoms. The van der Waals surface area contributed by atoms with Crippen LogP contribution in [0.1, 0.15) is 19.8 Å². The van der Waals surface area contributed by atoms with Gasteiger partial charge in [0, 0.05) is 19.0 Å². The Labute approximate surface area is 112 Å². The molecule has 3 aliphatic heterocycles. The summed E-state index contributed by atoms with van der Waals surface area (Å²) in [6, 6.07) is 0. The fraction of sp³-hybridized carbons (Fsp3) is 0.769. The summed E-state index contributed by atoms with van der Waals surface area (Å²) >= 11 is 0. The molecule has 0 N–H and O–H groups in total. The van der Waals surface area contributed by atoms with Gasteiger partial charge in [-0.25, -0.2) is 0 Å². The maximum Gasteiger partial charge on any atom is 0.320 e. The van der Waals surface area contributed by atoms with Crippen LogP contribution < -0.4 is 0 Å². The molecule has 0 amide bonds. The highest BCUT2D eigenvalue weighted by Crippen LogP contribution is 2.44. The highest BCUT2D eigenvalue weighted by atomic mass is 16.5. The van der Waals surface area contributed by atoms with Crippen molar-refractivity contribution in [2.75, 3.05) is 33.4 Å². The van der Waals surface area contributed by atoms with E-state index in [0.717, 1.165) is 0 Å². The predicted molar refractivity (Wildman–Crippen MR) is 65.3 cm³/mol. The molecule has 0 radical (unpaired) electrons. The topological polar surface area (TPSA) is 72.9 Å². The number of carbonyl (C=O) groups excluding carboxylic acids is 3. The number of piperidine rings is 3. The molecule has 1 unspecified atom stereocenters. The van der Waals surface area contributed by atoms with Gasteiger partial charge in [0.2, 0.25) is 0 Å².